The average molecular weight is 448 g/mol. The molecule has 0 aromatic heterocycles. The molecule has 2 aliphatic heterocycles. The number of ether oxygens (including phenoxy) is 1. The topological polar surface area (TPSA) is 130 Å². The van der Waals surface area contributed by atoms with E-state index in [0.29, 0.717) is 13.2 Å². The van der Waals surface area contributed by atoms with E-state index in [2.05, 4.69) is 20.9 Å². The second-order valence-electron chi connectivity index (χ2n) is 7.80. The molecule has 0 saturated heterocycles. The highest BCUT2D eigenvalue weighted by Crippen LogP contribution is 2.25. The third-order valence-electron chi connectivity index (χ3n) is 5.26. The van der Waals surface area contributed by atoms with Crippen LogP contribution in [0.25, 0.3) is 0 Å². The van der Waals surface area contributed by atoms with Crippen molar-refractivity contribution in [3.63, 3.8) is 0 Å². The lowest BCUT2D eigenvalue weighted by Gasteiger charge is -2.29. The molecule has 0 aliphatic carbocycles. The first kappa shape index (κ1) is 22.2. The largest absolute Gasteiger partial charge is 0.487 e. The highest BCUT2D eigenvalue weighted by atomic mass is 16.5. The van der Waals surface area contributed by atoms with Crippen molar-refractivity contribution in [2.75, 3.05) is 24.6 Å². The van der Waals surface area contributed by atoms with E-state index in [1.807, 2.05) is 66.9 Å². The van der Waals surface area contributed by atoms with Gasteiger partial charge < -0.3 is 32.2 Å². The molecule has 33 heavy (non-hydrogen) atoms. The monoisotopic (exact) mass is 447 g/mol. The summed E-state index contributed by atoms with van der Waals surface area (Å²) in [6, 6.07) is 17.4. The van der Waals surface area contributed by atoms with Crippen LogP contribution in [0.3, 0.4) is 0 Å². The normalized spacial score (nSPS) is 16.8. The number of anilines is 1. The Balaban J connectivity index is 1.32. The molecule has 2 amide bonds. The molecule has 2 aromatic carbocycles. The average Bonchev–Trinajstić information content (AvgIpc) is 3.22. The van der Waals surface area contributed by atoms with Gasteiger partial charge in [0.25, 0.3) is 0 Å². The SMILES string of the molecule is NC(N)=NCCCNCc1ccc(N2C=C3C=C(COc4ccccc4)NC3NC2=O)cc1. The zero-order valence-corrected chi connectivity index (χ0v) is 18.3. The number of guanidine groups is 1. The highest BCUT2D eigenvalue weighted by Gasteiger charge is 2.30. The Hall–Kier alpha value is -3.98. The van der Waals surface area contributed by atoms with Crippen LogP contribution in [0.4, 0.5) is 10.5 Å². The lowest BCUT2D eigenvalue weighted by atomic mass is 10.1. The zero-order valence-electron chi connectivity index (χ0n) is 18.3. The molecule has 2 heterocycles. The van der Waals surface area contributed by atoms with Crippen LogP contribution in [0.15, 0.2) is 83.1 Å². The van der Waals surface area contributed by atoms with Crippen molar-refractivity contribution in [3.8, 4) is 5.75 Å². The van der Waals surface area contributed by atoms with Crippen LogP contribution in [0.2, 0.25) is 0 Å². The van der Waals surface area contributed by atoms with E-state index in [9.17, 15) is 4.79 Å². The summed E-state index contributed by atoms with van der Waals surface area (Å²) in [4.78, 5) is 18.2. The number of hydrogen-bond acceptors (Lipinski definition) is 5. The van der Waals surface area contributed by atoms with Crippen molar-refractivity contribution in [1.82, 2.24) is 16.0 Å². The van der Waals surface area contributed by atoms with Gasteiger partial charge in [0, 0.05) is 24.9 Å². The van der Waals surface area contributed by atoms with Gasteiger partial charge >= 0.3 is 6.03 Å². The maximum Gasteiger partial charge on any atom is 0.327 e. The third kappa shape index (κ3) is 6.05. The van der Waals surface area contributed by atoms with E-state index >= 15 is 0 Å². The number of amides is 2. The molecular weight excluding hydrogens is 418 g/mol. The summed E-state index contributed by atoms with van der Waals surface area (Å²) in [5.74, 6) is 0.923. The minimum Gasteiger partial charge on any atom is -0.487 e. The fourth-order valence-electron chi connectivity index (χ4n) is 3.60. The number of nitrogens with two attached hydrogens (primary N) is 2. The Bertz CT molecular complexity index is 1040. The molecule has 1 atom stereocenters. The number of rotatable bonds is 10. The number of nitrogens with one attached hydrogen (secondary N) is 3. The Kier molecular flexibility index (Phi) is 7.11. The quantitative estimate of drug-likeness (QED) is 0.214. The minimum absolute atomic E-state index is 0.120. The van der Waals surface area contributed by atoms with E-state index < -0.39 is 0 Å². The number of benzene rings is 2. The molecule has 4 rings (SSSR count). The maximum absolute atomic E-state index is 12.7. The second kappa shape index (κ2) is 10.6. The van der Waals surface area contributed by atoms with E-state index in [1.165, 1.54) is 0 Å². The molecule has 0 spiro atoms. The van der Waals surface area contributed by atoms with Gasteiger partial charge in [-0.25, -0.2) is 4.79 Å². The Labute approximate surface area is 193 Å². The van der Waals surface area contributed by atoms with Gasteiger partial charge in [0.2, 0.25) is 0 Å². The first-order valence-corrected chi connectivity index (χ1v) is 10.9. The minimum atomic E-state index is -0.245. The van der Waals surface area contributed by atoms with Gasteiger partial charge in [-0.05, 0) is 48.9 Å². The molecular formula is C24H29N7O2. The summed E-state index contributed by atoms with van der Waals surface area (Å²) in [6.45, 7) is 2.56. The van der Waals surface area contributed by atoms with Crippen LogP contribution in [0.5, 0.6) is 5.75 Å². The molecule has 0 bridgehead atoms. The molecule has 0 fully saturated rings. The van der Waals surface area contributed by atoms with Crippen molar-refractivity contribution in [2.45, 2.75) is 19.1 Å². The Morgan fingerprint density at radius 1 is 1.09 bits per heavy atom. The number of carbonyl (C=O) groups excluding carboxylic acids is 1. The number of hydrogen-bond donors (Lipinski definition) is 5. The van der Waals surface area contributed by atoms with Crippen molar-refractivity contribution in [1.29, 1.82) is 0 Å². The summed E-state index contributed by atoms with van der Waals surface area (Å²) >= 11 is 0. The number of nitrogens with zero attached hydrogens (tertiary/aromatic N) is 2. The fraction of sp³-hybridized carbons (Fsp3) is 0.250. The van der Waals surface area contributed by atoms with Crippen LogP contribution >= 0.6 is 0 Å². The zero-order chi connectivity index (χ0) is 23.0. The summed E-state index contributed by atoms with van der Waals surface area (Å²) in [6.07, 6.45) is 4.49. The van der Waals surface area contributed by atoms with E-state index in [1.54, 1.807) is 4.90 Å². The van der Waals surface area contributed by atoms with Gasteiger partial charge in [-0.1, -0.05) is 30.3 Å². The lowest BCUT2D eigenvalue weighted by Crippen LogP contribution is -2.52. The summed E-state index contributed by atoms with van der Waals surface area (Å²) in [7, 11) is 0. The molecule has 1 unspecified atom stereocenters. The lowest BCUT2D eigenvalue weighted by molar-refractivity contribution is 0.243. The van der Waals surface area contributed by atoms with Gasteiger partial charge in [-0.15, -0.1) is 0 Å². The molecule has 0 radical (unpaired) electrons. The van der Waals surface area contributed by atoms with Crippen LogP contribution in [-0.4, -0.2) is 37.9 Å². The van der Waals surface area contributed by atoms with Crippen molar-refractivity contribution in [2.24, 2.45) is 16.5 Å². The third-order valence-corrected chi connectivity index (χ3v) is 5.26. The van der Waals surface area contributed by atoms with E-state index in [0.717, 1.165) is 47.8 Å². The van der Waals surface area contributed by atoms with Gasteiger partial charge in [-0.2, -0.15) is 0 Å². The molecule has 7 N–H and O–H groups in total. The number of aliphatic imine (C=N–C) groups is 1. The van der Waals surface area contributed by atoms with E-state index in [4.69, 9.17) is 16.2 Å². The summed E-state index contributed by atoms with van der Waals surface area (Å²) in [5, 5.41) is 9.65. The summed E-state index contributed by atoms with van der Waals surface area (Å²) in [5.41, 5.74) is 14.5. The molecule has 9 heteroatoms. The first-order chi connectivity index (χ1) is 16.1. The standard InChI is InChI=1S/C24H29N7O2/c25-23(26)28-12-4-11-27-14-17-7-9-20(10-8-17)31-15-18-13-19(29-22(18)30-24(31)32)16-33-21-5-2-1-3-6-21/h1-3,5-10,13,15,22,27,29H,4,11-12,14,16H2,(H,30,32)(H4,25,26,28). The summed E-state index contributed by atoms with van der Waals surface area (Å²) < 4.78 is 5.80. The number of fused-ring (bicyclic) bond motifs is 1. The Morgan fingerprint density at radius 2 is 1.88 bits per heavy atom. The van der Waals surface area contributed by atoms with Crippen molar-refractivity contribution < 1.29 is 9.53 Å². The molecule has 9 nitrogen and oxygen atoms in total. The molecule has 0 saturated carbocycles. The van der Waals surface area contributed by atoms with E-state index in [-0.39, 0.29) is 18.2 Å². The maximum atomic E-state index is 12.7. The smallest absolute Gasteiger partial charge is 0.327 e. The highest BCUT2D eigenvalue weighted by molar-refractivity contribution is 5.96. The number of carbonyl (C=O) groups is 1. The van der Waals surface area contributed by atoms with Crippen LogP contribution in [0, 0.1) is 0 Å². The number of urea groups is 1. The van der Waals surface area contributed by atoms with Crippen molar-refractivity contribution in [3.05, 3.63) is 83.7 Å². The van der Waals surface area contributed by atoms with Gasteiger partial charge in [0.05, 0.1) is 11.4 Å². The molecule has 172 valence electrons. The van der Waals surface area contributed by atoms with Crippen molar-refractivity contribution >= 4 is 17.7 Å². The van der Waals surface area contributed by atoms with Crippen LogP contribution in [0.1, 0.15) is 12.0 Å². The van der Waals surface area contributed by atoms with Crippen LogP contribution < -0.4 is 37.1 Å². The first-order valence-electron chi connectivity index (χ1n) is 10.9. The second-order valence-corrected chi connectivity index (χ2v) is 7.80. The predicted octanol–water partition coefficient (Wildman–Crippen LogP) is 1.75. The molecule has 2 aliphatic rings. The number of para-hydroxylation sites is 1. The predicted molar refractivity (Wildman–Crippen MR) is 129 cm³/mol. The van der Waals surface area contributed by atoms with Gasteiger partial charge in [0.1, 0.15) is 18.5 Å². The molecule has 2 aromatic rings. The van der Waals surface area contributed by atoms with Gasteiger partial charge in [-0.3, -0.25) is 9.89 Å². The van der Waals surface area contributed by atoms with Crippen LogP contribution in [-0.2, 0) is 6.54 Å². The van der Waals surface area contributed by atoms with Gasteiger partial charge in [0.15, 0.2) is 5.96 Å². The Morgan fingerprint density at radius 3 is 2.64 bits per heavy atom. The fourth-order valence-corrected chi connectivity index (χ4v) is 3.60.